The van der Waals surface area contributed by atoms with Crippen LogP contribution in [0.3, 0.4) is 0 Å². The van der Waals surface area contributed by atoms with Crippen LogP contribution in [-0.2, 0) is 20.0 Å². The molecule has 0 saturated carbocycles. The van der Waals surface area contributed by atoms with E-state index in [1.54, 1.807) is 39.5 Å². The van der Waals surface area contributed by atoms with E-state index in [-0.39, 0.29) is 12.4 Å². The van der Waals surface area contributed by atoms with Gasteiger partial charge in [0.15, 0.2) is 5.65 Å². The molecule has 0 spiro atoms. The van der Waals surface area contributed by atoms with Crippen molar-refractivity contribution in [3.8, 4) is 11.3 Å². The molecule has 29 heavy (non-hydrogen) atoms. The van der Waals surface area contributed by atoms with Gasteiger partial charge in [-0.15, -0.1) is 0 Å². The summed E-state index contributed by atoms with van der Waals surface area (Å²) in [5, 5.41) is 23.0. The van der Waals surface area contributed by atoms with E-state index in [1.165, 1.54) is 6.07 Å². The van der Waals surface area contributed by atoms with Gasteiger partial charge in [-0.3, -0.25) is 9.36 Å². The quantitative estimate of drug-likeness (QED) is 0.496. The van der Waals surface area contributed by atoms with Crippen molar-refractivity contribution in [2.24, 2.45) is 7.05 Å². The Hall–Kier alpha value is -3.59. The molecule has 4 aromatic heterocycles. The van der Waals surface area contributed by atoms with Crippen LogP contribution >= 0.6 is 0 Å². The van der Waals surface area contributed by atoms with E-state index < -0.39 is 0 Å². The van der Waals surface area contributed by atoms with Crippen molar-refractivity contribution in [1.29, 1.82) is 0 Å². The topological polar surface area (TPSA) is 86.1 Å². The third-order valence-electron chi connectivity index (χ3n) is 4.98. The number of aliphatic hydroxyl groups is 1. The molecular weight excluding hydrogens is 373 g/mol. The first-order valence-corrected chi connectivity index (χ1v) is 9.20. The van der Waals surface area contributed by atoms with Crippen molar-refractivity contribution in [3.05, 3.63) is 66.1 Å². The molecule has 0 aliphatic carbocycles. The maximum Gasteiger partial charge on any atom is 0.153 e. The van der Waals surface area contributed by atoms with E-state index >= 15 is 0 Å². The first kappa shape index (κ1) is 17.5. The predicted molar refractivity (Wildman–Crippen MR) is 105 cm³/mol. The third-order valence-corrected chi connectivity index (χ3v) is 4.98. The first-order valence-electron chi connectivity index (χ1n) is 9.20. The lowest BCUT2D eigenvalue weighted by Crippen LogP contribution is -2.02. The van der Waals surface area contributed by atoms with Crippen LogP contribution in [0.25, 0.3) is 27.8 Å². The molecule has 0 saturated heterocycles. The number of hydrogen-bond acceptors (Lipinski definition) is 5. The Morgan fingerprint density at radius 3 is 2.86 bits per heavy atom. The van der Waals surface area contributed by atoms with Crippen LogP contribution in [0.2, 0.25) is 0 Å². The van der Waals surface area contributed by atoms with Gasteiger partial charge in [-0.2, -0.15) is 15.3 Å². The highest BCUT2D eigenvalue weighted by molar-refractivity contribution is 5.79. The van der Waals surface area contributed by atoms with Gasteiger partial charge in [0.1, 0.15) is 5.82 Å². The molecule has 0 atom stereocenters. The number of aliphatic hydroxyl groups excluding tert-OH is 1. The summed E-state index contributed by atoms with van der Waals surface area (Å²) in [7, 11) is 1.79. The first-order chi connectivity index (χ1) is 14.1. The van der Waals surface area contributed by atoms with Crippen molar-refractivity contribution >= 4 is 16.6 Å². The summed E-state index contributed by atoms with van der Waals surface area (Å²) in [4.78, 5) is 4.39. The molecule has 5 rings (SSSR count). The summed E-state index contributed by atoms with van der Waals surface area (Å²) in [6, 6.07) is 7.07. The van der Waals surface area contributed by atoms with Crippen LogP contribution < -0.4 is 0 Å². The Bertz CT molecular complexity index is 1330. The Kier molecular flexibility index (Phi) is 4.09. The number of fused-ring (bicyclic) bond motifs is 2. The minimum Gasteiger partial charge on any atom is -0.394 e. The summed E-state index contributed by atoms with van der Waals surface area (Å²) < 4.78 is 19.7. The van der Waals surface area contributed by atoms with Crippen LogP contribution in [0.15, 0.2) is 49.1 Å². The molecule has 5 aromatic rings. The Labute approximate surface area is 164 Å². The molecule has 4 heterocycles. The van der Waals surface area contributed by atoms with Gasteiger partial charge in [0.05, 0.1) is 48.6 Å². The van der Waals surface area contributed by atoms with Crippen LogP contribution in [0.1, 0.15) is 11.3 Å². The van der Waals surface area contributed by atoms with E-state index in [9.17, 15) is 4.39 Å². The van der Waals surface area contributed by atoms with Crippen molar-refractivity contribution in [2.45, 2.75) is 13.0 Å². The highest BCUT2D eigenvalue weighted by Crippen LogP contribution is 2.22. The predicted octanol–water partition coefficient (Wildman–Crippen LogP) is 2.20. The number of aryl methyl sites for hydroxylation is 1. The second-order valence-electron chi connectivity index (χ2n) is 6.90. The van der Waals surface area contributed by atoms with Gasteiger partial charge in [-0.25, -0.2) is 13.9 Å². The van der Waals surface area contributed by atoms with Gasteiger partial charge < -0.3 is 5.11 Å². The molecule has 0 aliphatic rings. The number of nitrogens with zero attached hydrogens (tertiary/aromatic N) is 7. The number of benzene rings is 1. The lowest BCUT2D eigenvalue weighted by molar-refractivity contribution is 0.269. The summed E-state index contributed by atoms with van der Waals surface area (Å²) in [6.07, 6.45) is 7.34. The second kappa shape index (κ2) is 6.78. The van der Waals surface area contributed by atoms with Gasteiger partial charge in [0, 0.05) is 36.7 Å². The molecule has 0 amide bonds. The zero-order chi connectivity index (χ0) is 20.0. The van der Waals surface area contributed by atoms with Gasteiger partial charge >= 0.3 is 0 Å². The Balaban J connectivity index is 1.52. The van der Waals surface area contributed by atoms with E-state index in [2.05, 4.69) is 20.3 Å². The molecule has 1 N–H and O–H groups in total. The zero-order valence-corrected chi connectivity index (χ0v) is 15.7. The monoisotopic (exact) mass is 391 g/mol. The summed E-state index contributed by atoms with van der Waals surface area (Å²) in [6.45, 7) is 0.445. The van der Waals surface area contributed by atoms with Crippen molar-refractivity contribution in [3.63, 3.8) is 0 Å². The van der Waals surface area contributed by atoms with E-state index in [0.717, 1.165) is 27.9 Å². The fourth-order valence-electron chi connectivity index (χ4n) is 3.47. The molecule has 9 heteroatoms. The largest absolute Gasteiger partial charge is 0.394 e. The molecular formula is C20H18FN7O. The molecule has 146 valence electrons. The SMILES string of the molecule is Cn1ncc2cc(Cc3cnc4ccc(-c5cnn(CCO)c5)nn34)c(F)cc21. The average molecular weight is 391 g/mol. The zero-order valence-electron chi connectivity index (χ0n) is 15.7. The van der Waals surface area contributed by atoms with Crippen molar-refractivity contribution in [1.82, 2.24) is 34.2 Å². The molecule has 1 aromatic carbocycles. The smallest absolute Gasteiger partial charge is 0.153 e. The van der Waals surface area contributed by atoms with Crippen LogP contribution in [0, 0.1) is 5.82 Å². The fourth-order valence-corrected chi connectivity index (χ4v) is 3.47. The second-order valence-corrected chi connectivity index (χ2v) is 6.90. The van der Waals surface area contributed by atoms with Gasteiger partial charge in [-0.05, 0) is 23.8 Å². The van der Waals surface area contributed by atoms with E-state index in [0.29, 0.717) is 24.2 Å². The minimum atomic E-state index is -0.280. The number of hydrogen-bond donors (Lipinski definition) is 1. The average Bonchev–Trinajstić information content (AvgIpc) is 3.43. The van der Waals surface area contributed by atoms with Gasteiger partial charge in [-0.1, -0.05) is 0 Å². The van der Waals surface area contributed by atoms with Gasteiger partial charge in [0.2, 0.25) is 0 Å². The summed E-state index contributed by atoms with van der Waals surface area (Å²) in [5.41, 5.74) is 4.35. The Morgan fingerprint density at radius 2 is 2.00 bits per heavy atom. The molecule has 0 fully saturated rings. The van der Waals surface area contributed by atoms with Crippen molar-refractivity contribution in [2.75, 3.05) is 6.61 Å². The maximum atomic E-state index is 14.7. The minimum absolute atomic E-state index is 0.0199. The lowest BCUT2D eigenvalue weighted by atomic mass is 10.1. The summed E-state index contributed by atoms with van der Waals surface area (Å²) >= 11 is 0. The lowest BCUT2D eigenvalue weighted by Gasteiger charge is -2.06. The van der Waals surface area contributed by atoms with Crippen LogP contribution in [-0.4, -0.2) is 45.9 Å². The van der Waals surface area contributed by atoms with Crippen LogP contribution in [0.4, 0.5) is 4.39 Å². The fraction of sp³-hybridized carbons (Fsp3) is 0.200. The third kappa shape index (κ3) is 3.05. The van der Waals surface area contributed by atoms with E-state index in [4.69, 9.17) is 5.11 Å². The van der Waals surface area contributed by atoms with Crippen molar-refractivity contribution < 1.29 is 9.50 Å². The number of halogens is 1. The molecule has 8 nitrogen and oxygen atoms in total. The highest BCUT2D eigenvalue weighted by atomic mass is 19.1. The summed E-state index contributed by atoms with van der Waals surface area (Å²) in [5.74, 6) is -0.280. The number of rotatable bonds is 5. The molecule has 0 radical (unpaired) electrons. The molecule has 0 unspecified atom stereocenters. The number of imidazole rings is 1. The maximum absolute atomic E-state index is 14.7. The molecule has 0 bridgehead atoms. The molecule has 0 aliphatic heterocycles. The highest BCUT2D eigenvalue weighted by Gasteiger charge is 2.13. The van der Waals surface area contributed by atoms with Gasteiger partial charge in [0.25, 0.3) is 0 Å². The normalized spacial score (nSPS) is 11.7. The standard InChI is InChI=1S/C20H18FN7O/c1-26-19-8-17(21)13(6-14(19)9-23-26)7-16-11-22-20-3-2-18(25-28(16)20)15-10-24-27(12-15)4-5-29/h2-3,6,8-12,29H,4-5,7H2,1H3. The number of aromatic nitrogens is 7. The Morgan fingerprint density at radius 1 is 1.10 bits per heavy atom. The van der Waals surface area contributed by atoms with Crippen LogP contribution in [0.5, 0.6) is 0 Å². The van der Waals surface area contributed by atoms with E-state index in [1.807, 2.05) is 24.4 Å².